The quantitative estimate of drug-likeness (QED) is 0.0782. The van der Waals surface area contributed by atoms with Crippen molar-refractivity contribution in [3.05, 3.63) is 115 Å². The highest BCUT2D eigenvalue weighted by Crippen LogP contribution is 2.35. The van der Waals surface area contributed by atoms with Crippen LogP contribution < -0.4 is 4.74 Å². The number of ether oxygens (including phenoxy) is 3. The Balaban J connectivity index is 1.85. The highest BCUT2D eigenvalue weighted by atomic mass is 19.3. The molecular weight excluding hydrogens is 496 g/mol. The van der Waals surface area contributed by atoms with Crippen LogP contribution in [0.3, 0.4) is 0 Å². The third-order valence-electron chi connectivity index (χ3n) is 5.81. The van der Waals surface area contributed by atoms with Gasteiger partial charge in [-0.05, 0) is 98.9 Å². The lowest BCUT2D eigenvalue weighted by Gasteiger charge is -2.20. The Hall–Kier alpha value is -3.48. The summed E-state index contributed by atoms with van der Waals surface area (Å²) in [7, 11) is 0. The lowest BCUT2D eigenvalue weighted by molar-refractivity contribution is -0.189. The van der Waals surface area contributed by atoms with Gasteiger partial charge in [0.1, 0.15) is 34.5 Å². The van der Waals surface area contributed by atoms with Crippen LogP contribution in [0.15, 0.2) is 86.4 Å². The molecule has 0 amide bonds. The van der Waals surface area contributed by atoms with Gasteiger partial charge in [-0.3, -0.25) is 0 Å². The van der Waals surface area contributed by atoms with E-state index >= 15 is 0 Å². The van der Waals surface area contributed by atoms with Gasteiger partial charge in [-0.2, -0.15) is 8.78 Å². The third-order valence-corrected chi connectivity index (χ3v) is 5.81. The molecule has 0 aromatic heterocycles. The van der Waals surface area contributed by atoms with E-state index in [4.69, 9.17) is 14.2 Å². The van der Waals surface area contributed by atoms with E-state index in [1.807, 2.05) is 0 Å². The number of hydrogen-bond acceptors (Lipinski definition) is 3. The molecule has 0 heterocycles. The van der Waals surface area contributed by atoms with Gasteiger partial charge in [-0.1, -0.05) is 38.4 Å². The normalized spacial score (nSPS) is 11.1. The molecule has 2 rings (SSSR count). The Morgan fingerprint density at radius 1 is 0.711 bits per heavy atom. The van der Waals surface area contributed by atoms with Crippen LogP contribution in [0.4, 0.5) is 17.6 Å². The maximum Gasteiger partial charge on any atom is 0.432 e. The van der Waals surface area contributed by atoms with Crippen LogP contribution in [0.2, 0.25) is 0 Å². The predicted molar refractivity (Wildman–Crippen MR) is 143 cm³/mol. The zero-order chi connectivity index (χ0) is 28.0. The van der Waals surface area contributed by atoms with Crippen molar-refractivity contribution in [2.45, 2.75) is 57.5 Å². The summed E-state index contributed by atoms with van der Waals surface area (Å²) in [6.45, 7) is 15.4. The molecule has 0 fully saturated rings. The van der Waals surface area contributed by atoms with Gasteiger partial charge in [0.15, 0.2) is 0 Å². The van der Waals surface area contributed by atoms with Gasteiger partial charge in [-0.25, -0.2) is 8.78 Å². The van der Waals surface area contributed by atoms with E-state index < -0.39 is 23.3 Å². The smallest absolute Gasteiger partial charge is 0.432 e. The van der Waals surface area contributed by atoms with Crippen molar-refractivity contribution in [3.63, 3.8) is 0 Å². The Kier molecular flexibility index (Phi) is 12.7. The molecule has 0 saturated carbocycles. The summed E-state index contributed by atoms with van der Waals surface area (Å²) in [5.41, 5.74) is -0.156. The maximum atomic E-state index is 14.7. The Labute approximate surface area is 223 Å². The van der Waals surface area contributed by atoms with Gasteiger partial charge in [0, 0.05) is 0 Å². The maximum absolute atomic E-state index is 14.7. The van der Waals surface area contributed by atoms with Gasteiger partial charge in [0.05, 0.1) is 13.2 Å². The zero-order valence-electron chi connectivity index (χ0n) is 21.8. The van der Waals surface area contributed by atoms with Gasteiger partial charge in [0.2, 0.25) is 0 Å². The molecule has 2 aromatic rings. The minimum atomic E-state index is -4.17. The molecule has 3 nitrogen and oxygen atoms in total. The monoisotopic (exact) mass is 532 g/mol. The first-order chi connectivity index (χ1) is 18.2. The van der Waals surface area contributed by atoms with Crippen LogP contribution in [0, 0.1) is 11.6 Å². The number of unbranched alkanes of at least 4 members (excludes halogenated alkanes) is 4. The summed E-state index contributed by atoms with van der Waals surface area (Å²) in [4.78, 5) is 0. The van der Waals surface area contributed by atoms with Crippen LogP contribution in [-0.2, 0) is 28.4 Å². The minimum absolute atomic E-state index is 0.181. The second kappa shape index (κ2) is 15.7. The van der Waals surface area contributed by atoms with Crippen LogP contribution in [0.25, 0.3) is 0 Å². The standard InChI is InChI=1S/C31H36F4O3/c1-5-23(3)36-19-11-7-9-13-25-15-17-27(18-16-25)38-31(34,35)30-28(32)21-26(22-29(30)33)14-10-8-12-20-37-24(4)6-2/h5-6,15-18,21-22H,1-4,7-14,19-20H2. The molecule has 7 heteroatoms. The summed E-state index contributed by atoms with van der Waals surface area (Å²) in [5, 5.41) is 0. The van der Waals surface area contributed by atoms with Crippen LogP contribution >= 0.6 is 0 Å². The topological polar surface area (TPSA) is 27.7 Å². The van der Waals surface area contributed by atoms with E-state index in [0.29, 0.717) is 43.1 Å². The van der Waals surface area contributed by atoms with E-state index in [9.17, 15) is 17.6 Å². The molecular formula is C31H36F4O3. The van der Waals surface area contributed by atoms with Crippen molar-refractivity contribution >= 4 is 0 Å². The first kappa shape index (κ1) is 30.7. The molecule has 0 aliphatic rings. The molecule has 0 atom stereocenters. The molecule has 38 heavy (non-hydrogen) atoms. The number of benzene rings is 2. The van der Waals surface area contributed by atoms with E-state index in [1.165, 1.54) is 18.2 Å². The van der Waals surface area contributed by atoms with E-state index in [-0.39, 0.29) is 5.75 Å². The summed E-state index contributed by atoms with van der Waals surface area (Å²) in [5.74, 6) is -1.84. The number of alkyl halides is 2. The van der Waals surface area contributed by atoms with Crippen molar-refractivity contribution < 1.29 is 31.8 Å². The second-order valence-electron chi connectivity index (χ2n) is 8.86. The Bertz CT molecular complexity index is 1050. The SMILES string of the molecule is C=CC(=C)OCCCCCc1ccc(OC(F)(F)c2c(F)cc(CCCCCOC(=C)C=C)cc2F)cc1. The lowest BCUT2D eigenvalue weighted by atomic mass is 10.0. The van der Waals surface area contributed by atoms with E-state index in [1.54, 1.807) is 18.2 Å². The lowest BCUT2D eigenvalue weighted by Crippen LogP contribution is -2.25. The summed E-state index contributed by atoms with van der Waals surface area (Å²) in [6.07, 6.45) is 4.75. The molecule has 206 valence electrons. The number of aryl methyl sites for hydroxylation is 2. The van der Waals surface area contributed by atoms with Gasteiger partial charge in [0.25, 0.3) is 0 Å². The summed E-state index contributed by atoms with van der Waals surface area (Å²) >= 11 is 0. The zero-order valence-corrected chi connectivity index (χ0v) is 21.8. The molecule has 0 spiro atoms. The fourth-order valence-electron chi connectivity index (χ4n) is 3.71. The number of halogens is 4. The highest BCUT2D eigenvalue weighted by Gasteiger charge is 2.41. The van der Waals surface area contributed by atoms with Crippen molar-refractivity contribution in [2.75, 3.05) is 13.2 Å². The average molecular weight is 533 g/mol. The second-order valence-corrected chi connectivity index (χ2v) is 8.86. The summed E-state index contributed by atoms with van der Waals surface area (Å²) < 4.78 is 73.9. The number of rotatable bonds is 19. The molecule has 0 N–H and O–H groups in total. The van der Waals surface area contributed by atoms with Gasteiger partial charge >= 0.3 is 6.11 Å². The van der Waals surface area contributed by atoms with E-state index in [0.717, 1.165) is 56.2 Å². The minimum Gasteiger partial charge on any atom is -0.494 e. The summed E-state index contributed by atoms with van der Waals surface area (Å²) in [6, 6.07) is 7.95. The van der Waals surface area contributed by atoms with Crippen LogP contribution in [0.5, 0.6) is 5.75 Å². The molecule has 0 aliphatic heterocycles. The third kappa shape index (κ3) is 10.5. The molecule has 0 saturated heterocycles. The first-order valence-electron chi connectivity index (χ1n) is 12.7. The molecule has 0 aliphatic carbocycles. The van der Waals surface area contributed by atoms with Gasteiger partial charge in [-0.15, -0.1) is 0 Å². The van der Waals surface area contributed by atoms with Crippen molar-refractivity contribution in [3.8, 4) is 5.75 Å². The van der Waals surface area contributed by atoms with Crippen LogP contribution in [-0.4, -0.2) is 13.2 Å². The van der Waals surface area contributed by atoms with Crippen LogP contribution in [0.1, 0.15) is 55.2 Å². The first-order valence-corrected chi connectivity index (χ1v) is 12.7. The van der Waals surface area contributed by atoms with Crippen molar-refractivity contribution in [1.29, 1.82) is 0 Å². The fraction of sp³-hybridized carbons (Fsp3) is 0.355. The number of hydrogen-bond donors (Lipinski definition) is 0. The fourth-order valence-corrected chi connectivity index (χ4v) is 3.71. The Morgan fingerprint density at radius 3 is 1.66 bits per heavy atom. The highest BCUT2D eigenvalue weighted by molar-refractivity contribution is 5.32. The average Bonchev–Trinajstić information content (AvgIpc) is 2.87. The van der Waals surface area contributed by atoms with Crippen molar-refractivity contribution in [1.82, 2.24) is 0 Å². The molecule has 0 bridgehead atoms. The van der Waals surface area contributed by atoms with E-state index in [2.05, 4.69) is 26.3 Å². The Morgan fingerprint density at radius 2 is 1.18 bits per heavy atom. The molecule has 0 radical (unpaired) electrons. The molecule has 0 unspecified atom stereocenters. The number of allylic oxidation sites excluding steroid dienone is 2. The predicted octanol–water partition coefficient (Wildman–Crippen LogP) is 8.95. The largest absolute Gasteiger partial charge is 0.494 e. The van der Waals surface area contributed by atoms with Gasteiger partial charge < -0.3 is 14.2 Å². The molecule has 2 aromatic carbocycles. The van der Waals surface area contributed by atoms with Crippen molar-refractivity contribution in [2.24, 2.45) is 0 Å².